The van der Waals surface area contributed by atoms with Crippen LogP contribution in [0.3, 0.4) is 0 Å². The minimum Gasteiger partial charge on any atom is -0.356 e. The number of rotatable bonds is 4. The standard InChI is InChI=1S/C23H21FN6O/c24-18-1-2-19-21(11-18)26-14-27-23(19)29-9-5-16(6-10-29)13-30-15-28-20(12-22(30)31)17-3-7-25-8-4-17/h1-4,7-8,11-12,14-16H,5-6,9-10,13H2. The molecule has 7 nitrogen and oxygen atoms in total. The van der Waals surface area contributed by atoms with Crippen LogP contribution in [0.4, 0.5) is 10.2 Å². The van der Waals surface area contributed by atoms with Crippen LogP contribution >= 0.6 is 0 Å². The van der Waals surface area contributed by atoms with Crippen LogP contribution < -0.4 is 10.5 Å². The summed E-state index contributed by atoms with van der Waals surface area (Å²) in [6.45, 7) is 2.29. The first-order valence-corrected chi connectivity index (χ1v) is 10.3. The van der Waals surface area contributed by atoms with Gasteiger partial charge in [0.15, 0.2) is 0 Å². The molecule has 1 aromatic carbocycles. The molecule has 3 aromatic heterocycles. The number of hydrogen-bond donors (Lipinski definition) is 0. The van der Waals surface area contributed by atoms with Crippen molar-refractivity contribution in [2.75, 3.05) is 18.0 Å². The van der Waals surface area contributed by atoms with Crippen LogP contribution in [0.1, 0.15) is 12.8 Å². The largest absolute Gasteiger partial charge is 0.356 e. The van der Waals surface area contributed by atoms with Gasteiger partial charge in [-0.05, 0) is 43.0 Å². The summed E-state index contributed by atoms with van der Waals surface area (Å²) in [6.07, 6.45) is 8.37. The Morgan fingerprint density at radius 3 is 2.58 bits per heavy atom. The molecule has 0 aliphatic carbocycles. The second kappa shape index (κ2) is 8.22. The van der Waals surface area contributed by atoms with Gasteiger partial charge in [0.2, 0.25) is 0 Å². The summed E-state index contributed by atoms with van der Waals surface area (Å²) in [5.74, 6) is 0.918. The van der Waals surface area contributed by atoms with Gasteiger partial charge in [-0.3, -0.25) is 14.3 Å². The molecule has 1 aliphatic heterocycles. The van der Waals surface area contributed by atoms with Crippen molar-refractivity contribution in [1.29, 1.82) is 0 Å². The Morgan fingerprint density at radius 1 is 1.00 bits per heavy atom. The SMILES string of the molecule is O=c1cc(-c2ccncc2)ncn1CC1CCN(c2ncnc3cc(F)ccc23)CC1. The molecule has 4 aromatic rings. The van der Waals surface area contributed by atoms with Crippen LogP contribution in [0.2, 0.25) is 0 Å². The Labute approximate surface area is 178 Å². The maximum Gasteiger partial charge on any atom is 0.253 e. The highest BCUT2D eigenvalue weighted by Crippen LogP contribution is 2.28. The minimum atomic E-state index is -0.301. The van der Waals surface area contributed by atoms with E-state index in [0.29, 0.717) is 23.7 Å². The van der Waals surface area contributed by atoms with Gasteiger partial charge in [0.25, 0.3) is 5.56 Å². The van der Waals surface area contributed by atoms with Crippen LogP contribution in [0, 0.1) is 11.7 Å². The van der Waals surface area contributed by atoms with E-state index in [0.717, 1.165) is 42.7 Å². The summed E-state index contributed by atoms with van der Waals surface area (Å²) in [6, 6.07) is 9.87. The third kappa shape index (κ3) is 4.01. The van der Waals surface area contributed by atoms with E-state index in [1.165, 1.54) is 18.5 Å². The fraction of sp³-hybridized carbons (Fsp3) is 0.261. The van der Waals surface area contributed by atoms with Crippen molar-refractivity contribution in [1.82, 2.24) is 24.5 Å². The fourth-order valence-electron chi connectivity index (χ4n) is 4.12. The summed E-state index contributed by atoms with van der Waals surface area (Å²) in [7, 11) is 0. The van der Waals surface area contributed by atoms with Gasteiger partial charge in [-0.25, -0.2) is 19.3 Å². The van der Waals surface area contributed by atoms with E-state index in [4.69, 9.17) is 0 Å². The van der Waals surface area contributed by atoms with E-state index >= 15 is 0 Å². The molecule has 0 amide bonds. The summed E-state index contributed by atoms with van der Waals surface area (Å²) < 4.78 is 15.2. The number of piperidine rings is 1. The van der Waals surface area contributed by atoms with Gasteiger partial charge in [-0.15, -0.1) is 0 Å². The maximum absolute atomic E-state index is 13.5. The summed E-state index contributed by atoms with van der Waals surface area (Å²) in [4.78, 5) is 31.9. The molecular weight excluding hydrogens is 395 g/mol. The zero-order chi connectivity index (χ0) is 21.2. The van der Waals surface area contributed by atoms with Crippen molar-refractivity contribution < 1.29 is 4.39 Å². The molecule has 0 saturated carbocycles. The van der Waals surface area contributed by atoms with Gasteiger partial charge in [0.05, 0.1) is 17.5 Å². The average molecular weight is 416 g/mol. The lowest BCUT2D eigenvalue weighted by molar-refractivity contribution is 0.350. The van der Waals surface area contributed by atoms with Crippen LogP contribution in [-0.2, 0) is 6.54 Å². The van der Waals surface area contributed by atoms with E-state index in [-0.39, 0.29) is 11.4 Å². The van der Waals surface area contributed by atoms with Crippen molar-refractivity contribution in [3.63, 3.8) is 0 Å². The zero-order valence-electron chi connectivity index (χ0n) is 16.9. The second-order valence-electron chi connectivity index (χ2n) is 7.79. The quantitative estimate of drug-likeness (QED) is 0.508. The Hall–Kier alpha value is -3.68. The number of aromatic nitrogens is 5. The molecular formula is C23H21FN6O. The molecule has 0 bridgehead atoms. The molecule has 4 heterocycles. The fourth-order valence-corrected chi connectivity index (χ4v) is 4.12. The van der Waals surface area contributed by atoms with E-state index in [1.807, 2.05) is 12.1 Å². The van der Waals surface area contributed by atoms with Crippen molar-refractivity contribution in [3.05, 3.63) is 77.6 Å². The Balaban J connectivity index is 1.27. The minimum absolute atomic E-state index is 0.0481. The lowest BCUT2D eigenvalue weighted by Gasteiger charge is -2.33. The number of nitrogens with zero attached hydrogens (tertiary/aromatic N) is 6. The number of fused-ring (bicyclic) bond motifs is 1. The molecule has 8 heteroatoms. The van der Waals surface area contributed by atoms with Crippen LogP contribution in [0.15, 0.2) is 66.2 Å². The molecule has 0 spiro atoms. The van der Waals surface area contributed by atoms with Crippen LogP contribution in [0.25, 0.3) is 22.2 Å². The first-order chi connectivity index (χ1) is 15.2. The molecule has 0 unspecified atom stereocenters. The molecule has 1 fully saturated rings. The Bertz CT molecular complexity index is 1270. The van der Waals surface area contributed by atoms with Gasteiger partial charge in [-0.2, -0.15) is 0 Å². The van der Waals surface area contributed by atoms with E-state index < -0.39 is 0 Å². The van der Waals surface area contributed by atoms with Gasteiger partial charge >= 0.3 is 0 Å². The topological polar surface area (TPSA) is 76.8 Å². The zero-order valence-corrected chi connectivity index (χ0v) is 16.9. The Morgan fingerprint density at radius 2 is 1.81 bits per heavy atom. The molecule has 0 N–H and O–H groups in total. The molecule has 156 valence electrons. The highest BCUT2D eigenvalue weighted by atomic mass is 19.1. The van der Waals surface area contributed by atoms with Gasteiger partial charge < -0.3 is 4.90 Å². The van der Waals surface area contributed by atoms with Crippen molar-refractivity contribution in [2.24, 2.45) is 5.92 Å². The number of halogens is 1. The maximum atomic E-state index is 13.5. The van der Waals surface area contributed by atoms with Crippen molar-refractivity contribution in [2.45, 2.75) is 19.4 Å². The number of hydrogen-bond acceptors (Lipinski definition) is 6. The number of pyridine rings is 1. The first kappa shape index (κ1) is 19.3. The summed E-state index contributed by atoms with van der Waals surface area (Å²) in [5.41, 5.74) is 2.10. The summed E-state index contributed by atoms with van der Waals surface area (Å²) >= 11 is 0. The second-order valence-corrected chi connectivity index (χ2v) is 7.79. The predicted octanol–water partition coefficient (Wildman–Crippen LogP) is 3.30. The van der Waals surface area contributed by atoms with Crippen molar-refractivity contribution >= 4 is 16.7 Å². The molecule has 1 saturated heterocycles. The normalized spacial score (nSPS) is 14.8. The molecule has 0 atom stereocenters. The van der Waals surface area contributed by atoms with Crippen LogP contribution in [-0.4, -0.2) is 37.6 Å². The highest BCUT2D eigenvalue weighted by Gasteiger charge is 2.22. The smallest absolute Gasteiger partial charge is 0.253 e. The van der Waals surface area contributed by atoms with Crippen molar-refractivity contribution in [3.8, 4) is 11.3 Å². The monoisotopic (exact) mass is 416 g/mol. The highest BCUT2D eigenvalue weighted by molar-refractivity contribution is 5.89. The van der Waals surface area contributed by atoms with E-state index in [9.17, 15) is 9.18 Å². The van der Waals surface area contributed by atoms with Crippen LogP contribution in [0.5, 0.6) is 0 Å². The third-order valence-corrected chi connectivity index (χ3v) is 5.80. The first-order valence-electron chi connectivity index (χ1n) is 10.3. The van der Waals surface area contributed by atoms with Gasteiger partial charge in [0, 0.05) is 55.1 Å². The van der Waals surface area contributed by atoms with Gasteiger partial charge in [-0.1, -0.05) is 0 Å². The molecule has 31 heavy (non-hydrogen) atoms. The average Bonchev–Trinajstić information content (AvgIpc) is 2.81. The number of benzene rings is 1. The Kier molecular flexibility index (Phi) is 5.11. The molecule has 5 rings (SSSR count). The summed E-state index contributed by atoms with van der Waals surface area (Å²) in [5, 5.41) is 0.856. The predicted molar refractivity (Wildman–Crippen MR) is 116 cm³/mol. The molecule has 0 radical (unpaired) electrons. The molecule has 1 aliphatic rings. The number of anilines is 1. The van der Waals surface area contributed by atoms with E-state index in [2.05, 4.69) is 24.8 Å². The van der Waals surface area contributed by atoms with E-state index in [1.54, 1.807) is 35.4 Å². The lowest BCUT2D eigenvalue weighted by Crippen LogP contribution is -2.37. The van der Waals surface area contributed by atoms with Gasteiger partial charge in [0.1, 0.15) is 18.0 Å². The third-order valence-electron chi connectivity index (χ3n) is 5.80. The lowest BCUT2D eigenvalue weighted by atomic mass is 9.96.